The molecule has 4 rings (SSSR count). The molecule has 2 aliphatic rings. The minimum absolute atomic E-state index is 0. The molecule has 5 nitrogen and oxygen atoms in total. The average Bonchev–Trinajstić information content (AvgIpc) is 2.91. The monoisotopic (exact) mass is 400 g/mol. The van der Waals surface area contributed by atoms with E-state index in [1.165, 1.54) is 5.56 Å². The minimum atomic E-state index is -0.0794. The molecule has 0 radical (unpaired) electrons. The number of hydrogen-bond acceptors (Lipinski definition) is 3. The van der Waals surface area contributed by atoms with Gasteiger partial charge in [0.1, 0.15) is 5.84 Å². The van der Waals surface area contributed by atoms with Gasteiger partial charge in [0.2, 0.25) is 0 Å². The number of carbonyl (C=O) groups excluding carboxylic acids is 1. The summed E-state index contributed by atoms with van der Waals surface area (Å²) in [7, 11) is 0. The summed E-state index contributed by atoms with van der Waals surface area (Å²) < 4.78 is 0. The van der Waals surface area contributed by atoms with E-state index in [1.807, 2.05) is 36.4 Å². The molecule has 25 heavy (non-hydrogen) atoms. The van der Waals surface area contributed by atoms with Gasteiger partial charge >= 0.3 is 0 Å². The maximum absolute atomic E-state index is 12.5. The second kappa shape index (κ2) is 7.27. The van der Waals surface area contributed by atoms with E-state index in [4.69, 9.17) is 5.41 Å². The highest BCUT2D eigenvalue weighted by Crippen LogP contribution is 2.26. The molecule has 0 aliphatic carbocycles. The van der Waals surface area contributed by atoms with E-state index < -0.39 is 0 Å². The van der Waals surface area contributed by atoms with E-state index in [0.29, 0.717) is 18.9 Å². The van der Waals surface area contributed by atoms with Gasteiger partial charge in [0, 0.05) is 17.8 Å². The quantitative estimate of drug-likeness (QED) is 0.832. The normalized spacial score (nSPS) is 15.3. The number of carbonyl (C=O) groups is 1. The van der Waals surface area contributed by atoms with Crippen LogP contribution in [0.1, 0.15) is 23.1 Å². The molecule has 0 bridgehead atoms. The first-order chi connectivity index (χ1) is 11.7. The number of amides is 1. The van der Waals surface area contributed by atoms with Crippen LogP contribution in [0.5, 0.6) is 0 Å². The number of anilines is 1. The lowest BCUT2D eigenvalue weighted by Crippen LogP contribution is -2.47. The van der Waals surface area contributed by atoms with Crippen LogP contribution in [-0.2, 0) is 17.8 Å². The number of nitrogens with zero attached hydrogens (tertiary/aromatic N) is 2. The van der Waals surface area contributed by atoms with Crippen LogP contribution >= 0.6 is 17.0 Å². The van der Waals surface area contributed by atoms with Crippen molar-refractivity contribution in [2.75, 3.05) is 18.0 Å². The number of benzene rings is 2. The van der Waals surface area contributed by atoms with Crippen molar-refractivity contribution in [2.45, 2.75) is 19.4 Å². The van der Waals surface area contributed by atoms with E-state index in [2.05, 4.69) is 22.5 Å². The van der Waals surface area contributed by atoms with Crippen molar-refractivity contribution in [1.82, 2.24) is 10.4 Å². The average molecular weight is 401 g/mol. The Morgan fingerprint density at radius 3 is 2.60 bits per heavy atom. The fourth-order valence-electron chi connectivity index (χ4n) is 3.51. The largest absolute Gasteiger partial charge is 0.362 e. The van der Waals surface area contributed by atoms with Crippen LogP contribution in [0.4, 0.5) is 5.69 Å². The molecule has 0 aromatic heterocycles. The molecule has 1 amide bonds. The fourth-order valence-corrected chi connectivity index (χ4v) is 3.51. The van der Waals surface area contributed by atoms with E-state index in [1.54, 1.807) is 5.01 Å². The van der Waals surface area contributed by atoms with E-state index in [-0.39, 0.29) is 22.9 Å². The van der Waals surface area contributed by atoms with Crippen LogP contribution in [0.3, 0.4) is 0 Å². The van der Waals surface area contributed by atoms with Gasteiger partial charge in [-0.1, -0.05) is 42.5 Å². The van der Waals surface area contributed by atoms with Crippen LogP contribution in [0.25, 0.3) is 0 Å². The van der Waals surface area contributed by atoms with Crippen LogP contribution in [-0.4, -0.2) is 29.8 Å². The number of amidine groups is 1. The zero-order chi connectivity index (χ0) is 16.5. The molecule has 0 fully saturated rings. The van der Waals surface area contributed by atoms with Gasteiger partial charge in [-0.2, -0.15) is 0 Å². The van der Waals surface area contributed by atoms with Crippen molar-refractivity contribution in [2.24, 2.45) is 0 Å². The Balaban J connectivity index is 0.00000182. The maximum atomic E-state index is 12.5. The number of fused-ring (bicyclic) bond motifs is 2. The summed E-state index contributed by atoms with van der Waals surface area (Å²) in [5.74, 6) is 0.280. The Kier molecular flexibility index (Phi) is 5.08. The molecule has 6 heteroatoms. The lowest BCUT2D eigenvalue weighted by Gasteiger charge is -2.31. The predicted octanol–water partition coefficient (Wildman–Crippen LogP) is 2.89. The third-order valence-electron chi connectivity index (χ3n) is 4.67. The summed E-state index contributed by atoms with van der Waals surface area (Å²) in [5.41, 5.74) is 7.30. The zero-order valence-corrected chi connectivity index (χ0v) is 15.6. The molecule has 2 aliphatic heterocycles. The third kappa shape index (κ3) is 3.39. The molecule has 0 saturated heterocycles. The lowest BCUT2D eigenvalue weighted by atomic mass is 10.0. The third-order valence-corrected chi connectivity index (χ3v) is 4.67. The van der Waals surface area contributed by atoms with Crippen LogP contribution in [0.2, 0.25) is 0 Å². The van der Waals surface area contributed by atoms with E-state index in [9.17, 15) is 4.79 Å². The van der Waals surface area contributed by atoms with Gasteiger partial charge in [0.25, 0.3) is 5.91 Å². The lowest BCUT2D eigenvalue weighted by molar-refractivity contribution is -0.123. The first-order valence-corrected chi connectivity index (χ1v) is 8.29. The topological polar surface area (TPSA) is 59.4 Å². The predicted molar refractivity (Wildman–Crippen MR) is 104 cm³/mol. The van der Waals surface area contributed by atoms with Gasteiger partial charge in [-0.05, 0) is 30.0 Å². The standard InChI is InChI=1S/C19H20N4O.BrH/c20-19-16-9-3-1-7-15(16)12-23(19)21-18(24)13-22-11-5-8-14-6-2-4-10-17(14)22;/h1-4,6-7,9-10,20H,5,8,11-13H2,(H,21,24);1H. The molecule has 0 atom stereocenters. The molecule has 2 aromatic rings. The fraction of sp³-hybridized carbons (Fsp3) is 0.263. The van der Waals surface area contributed by atoms with Crippen molar-refractivity contribution in [3.63, 3.8) is 0 Å². The van der Waals surface area contributed by atoms with Crippen molar-refractivity contribution in [3.8, 4) is 0 Å². The summed E-state index contributed by atoms with van der Waals surface area (Å²) in [6.07, 6.45) is 2.13. The summed E-state index contributed by atoms with van der Waals surface area (Å²) in [4.78, 5) is 14.6. The van der Waals surface area contributed by atoms with E-state index >= 15 is 0 Å². The highest BCUT2D eigenvalue weighted by atomic mass is 79.9. The Morgan fingerprint density at radius 2 is 1.80 bits per heavy atom. The Bertz CT molecular complexity index is 808. The first kappa shape index (κ1) is 17.5. The Morgan fingerprint density at radius 1 is 1.08 bits per heavy atom. The minimum Gasteiger partial charge on any atom is -0.362 e. The Labute approximate surface area is 157 Å². The second-order valence-corrected chi connectivity index (χ2v) is 6.28. The van der Waals surface area contributed by atoms with Crippen LogP contribution < -0.4 is 10.3 Å². The summed E-state index contributed by atoms with van der Waals surface area (Å²) in [5, 5.41) is 9.84. The van der Waals surface area contributed by atoms with Gasteiger partial charge in [-0.25, -0.2) is 0 Å². The molecule has 0 unspecified atom stereocenters. The number of hydrogen-bond donors (Lipinski definition) is 2. The van der Waals surface area contributed by atoms with Gasteiger partial charge in [0.15, 0.2) is 0 Å². The van der Waals surface area contributed by atoms with E-state index in [0.717, 1.165) is 36.2 Å². The van der Waals surface area contributed by atoms with Crippen molar-refractivity contribution >= 4 is 34.4 Å². The molecule has 2 aromatic carbocycles. The maximum Gasteiger partial charge on any atom is 0.258 e. The molecular weight excluding hydrogens is 380 g/mol. The highest BCUT2D eigenvalue weighted by Gasteiger charge is 2.26. The molecular formula is C19H21BrN4O. The summed E-state index contributed by atoms with van der Waals surface area (Å²) in [6.45, 7) is 1.76. The first-order valence-electron chi connectivity index (χ1n) is 8.29. The number of halogens is 1. The molecule has 130 valence electrons. The smallest absolute Gasteiger partial charge is 0.258 e. The number of nitrogens with one attached hydrogen (secondary N) is 2. The number of aryl methyl sites for hydroxylation is 1. The van der Waals surface area contributed by atoms with Gasteiger partial charge in [0.05, 0.1) is 13.1 Å². The highest BCUT2D eigenvalue weighted by molar-refractivity contribution is 8.93. The molecule has 2 heterocycles. The zero-order valence-electron chi connectivity index (χ0n) is 13.9. The summed E-state index contributed by atoms with van der Waals surface area (Å²) >= 11 is 0. The SMILES string of the molecule is Br.N=C1c2ccccc2CN1NC(=O)CN1CCCc2ccccc21. The number of rotatable bonds is 3. The van der Waals surface area contributed by atoms with Crippen LogP contribution in [0.15, 0.2) is 48.5 Å². The second-order valence-electron chi connectivity index (χ2n) is 6.28. The van der Waals surface area contributed by atoms with Gasteiger partial charge < -0.3 is 4.90 Å². The summed E-state index contributed by atoms with van der Waals surface area (Å²) in [6, 6.07) is 16.1. The van der Waals surface area contributed by atoms with Crippen molar-refractivity contribution in [1.29, 1.82) is 5.41 Å². The molecule has 2 N–H and O–H groups in total. The Hall–Kier alpha value is -2.34. The van der Waals surface area contributed by atoms with Crippen molar-refractivity contribution in [3.05, 3.63) is 65.2 Å². The van der Waals surface area contributed by atoms with Gasteiger partial charge in [-0.15, -0.1) is 17.0 Å². The molecule has 0 spiro atoms. The number of para-hydroxylation sites is 1. The number of hydrazine groups is 1. The van der Waals surface area contributed by atoms with Crippen molar-refractivity contribution < 1.29 is 4.79 Å². The molecule has 0 saturated carbocycles. The van der Waals surface area contributed by atoms with Gasteiger partial charge in [-0.3, -0.25) is 20.6 Å². The van der Waals surface area contributed by atoms with Crippen LogP contribution in [0, 0.1) is 5.41 Å².